The molecule has 74 valence electrons. The highest BCUT2D eigenvalue weighted by Gasteiger charge is 2.42. The molecule has 0 aromatic carbocycles. The standard InChI is InChI=1S/C8H14N2O3/c1-5(6(11)12)10-4-3-8(2,9)7(10)13/h5H,3-4,9H2,1-2H3,(H,11,12)/t5-,8+/m0/s1. The Balaban J connectivity index is 2.76. The molecule has 5 nitrogen and oxygen atoms in total. The number of carbonyl (C=O) groups is 2. The van der Waals surface area contributed by atoms with E-state index >= 15 is 0 Å². The van der Waals surface area contributed by atoms with E-state index in [1.54, 1.807) is 6.92 Å². The van der Waals surface area contributed by atoms with Gasteiger partial charge in [0.1, 0.15) is 6.04 Å². The van der Waals surface area contributed by atoms with Gasteiger partial charge in [-0.3, -0.25) is 4.79 Å². The summed E-state index contributed by atoms with van der Waals surface area (Å²) in [5, 5.41) is 8.70. The van der Waals surface area contributed by atoms with Crippen LogP contribution >= 0.6 is 0 Å². The van der Waals surface area contributed by atoms with Crippen LogP contribution in [-0.4, -0.2) is 40.0 Å². The number of nitrogens with zero attached hydrogens (tertiary/aromatic N) is 1. The van der Waals surface area contributed by atoms with Crippen molar-refractivity contribution in [2.24, 2.45) is 5.73 Å². The third-order valence-electron chi connectivity index (χ3n) is 2.45. The van der Waals surface area contributed by atoms with E-state index in [9.17, 15) is 9.59 Å². The highest BCUT2D eigenvalue weighted by molar-refractivity contribution is 5.91. The predicted octanol–water partition coefficient (Wildman–Crippen LogP) is -0.591. The Hall–Kier alpha value is -1.10. The molecule has 0 aromatic heterocycles. The van der Waals surface area contributed by atoms with Crippen molar-refractivity contribution in [2.75, 3.05) is 6.54 Å². The van der Waals surface area contributed by atoms with Crippen LogP contribution in [0, 0.1) is 0 Å². The summed E-state index contributed by atoms with van der Waals surface area (Å²) in [5.74, 6) is -1.27. The Morgan fingerprint density at radius 1 is 1.77 bits per heavy atom. The van der Waals surface area contributed by atoms with E-state index in [-0.39, 0.29) is 5.91 Å². The monoisotopic (exact) mass is 186 g/mol. The van der Waals surface area contributed by atoms with Crippen molar-refractivity contribution in [3.05, 3.63) is 0 Å². The average Bonchev–Trinajstić information content (AvgIpc) is 2.27. The van der Waals surface area contributed by atoms with Gasteiger partial charge >= 0.3 is 5.97 Å². The van der Waals surface area contributed by atoms with Gasteiger partial charge in [-0.2, -0.15) is 0 Å². The second kappa shape index (κ2) is 2.99. The fourth-order valence-electron chi connectivity index (χ4n) is 1.39. The maximum atomic E-state index is 11.5. The zero-order valence-corrected chi connectivity index (χ0v) is 7.78. The number of hydrogen-bond acceptors (Lipinski definition) is 3. The first-order chi connectivity index (χ1) is 5.86. The molecule has 1 aliphatic rings. The van der Waals surface area contributed by atoms with E-state index in [0.29, 0.717) is 13.0 Å². The van der Waals surface area contributed by atoms with Gasteiger partial charge in [-0.15, -0.1) is 0 Å². The normalized spacial score (nSPS) is 30.7. The molecule has 13 heavy (non-hydrogen) atoms. The summed E-state index contributed by atoms with van der Waals surface area (Å²) in [6.45, 7) is 3.55. The molecule has 1 fully saturated rings. The van der Waals surface area contributed by atoms with Crippen LogP contribution in [0.5, 0.6) is 0 Å². The summed E-state index contributed by atoms with van der Waals surface area (Å²) in [6.07, 6.45) is 0.517. The van der Waals surface area contributed by atoms with Crippen molar-refractivity contribution in [3.63, 3.8) is 0 Å². The molecule has 0 spiro atoms. The first-order valence-electron chi connectivity index (χ1n) is 4.19. The van der Waals surface area contributed by atoms with Crippen molar-refractivity contribution in [3.8, 4) is 0 Å². The number of rotatable bonds is 2. The first kappa shape index (κ1) is 9.98. The molecule has 2 atom stereocenters. The fourth-order valence-corrected chi connectivity index (χ4v) is 1.39. The largest absolute Gasteiger partial charge is 0.480 e. The van der Waals surface area contributed by atoms with Crippen molar-refractivity contribution >= 4 is 11.9 Å². The second-order valence-corrected chi connectivity index (χ2v) is 3.68. The van der Waals surface area contributed by atoms with E-state index in [4.69, 9.17) is 10.8 Å². The van der Waals surface area contributed by atoms with E-state index < -0.39 is 17.6 Å². The van der Waals surface area contributed by atoms with Crippen LogP contribution in [0.2, 0.25) is 0 Å². The minimum Gasteiger partial charge on any atom is -0.480 e. The van der Waals surface area contributed by atoms with Gasteiger partial charge in [0, 0.05) is 6.54 Å². The Morgan fingerprint density at radius 3 is 2.62 bits per heavy atom. The molecule has 1 rings (SSSR count). The maximum Gasteiger partial charge on any atom is 0.326 e. The first-order valence-corrected chi connectivity index (χ1v) is 4.19. The van der Waals surface area contributed by atoms with E-state index in [2.05, 4.69) is 0 Å². The number of carboxylic acids is 1. The summed E-state index contributed by atoms with van der Waals surface area (Å²) < 4.78 is 0. The number of carbonyl (C=O) groups excluding carboxylic acids is 1. The van der Waals surface area contributed by atoms with Gasteiger partial charge in [-0.05, 0) is 20.3 Å². The van der Waals surface area contributed by atoms with Crippen molar-refractivity contribution in [1.82, 2.24) is 4.90 Å². The number of amides is 1. The average molecular weight is 186 g/mol. The lowest BCUT2D eigenvalue weighted by atomic mass is 10.0. The summed E-state index contributed by atoms with van der Waals surface area (Å²) in [6, 6.07) is -0.780. The SMILES string of the molecule is C[C@@H](C(=O)O)N1CC[C@@](C)(N)C1=O. The summed E-state index contributed by atoms with van der Waals surface area (Å²) in [5.41, 5.74) is 4.78. The number of nitrogens with two attached hydrogens (primary N) is 1. The summed E-state index contributed by atoms with van der Waals surface area (Å²) in [7, 11) is 0. The molecule has 5 heteroatoms. The molecular formula is C8H14N2O3. The quantitative estimate of drug-likeness (QED) is 0.603. The van der Waals surface area contributed by atoms with Crippen LogP contribution in [0.25, 0.3) is 0 Å². The van der Waals surface area contributed by atoms with Crippen LogP contribution < -0.4 is 5.73 Å². The predicted molar refractivity (Wildman–Crippen MR) is 46.0 cm³/mol. The smallest absolute Gasteiger partial charge is 0.326 e. The number of aliphatic carboxylic acids is 1. The molecular weight excluding hydrogens is 172 g/mol. The molecule has 1 amide bonds. The molecule has 0 radical (unpaired) electrons. The summed E-state index contributed by atoms with van der Waals surface area (Å²) in [4.78, 5) is 23.4. The van der Waals surface area contributed by atoms with Gasteiger partial charge in [0.05, 0.1) is 5.54 Å². The molecule has 1 saturated heterocycles. The highest BCUT2D eigenvalue weighted by atomic mass is 16.4. The zero-order chi connectivity index (χ0) is 10.2. The van der Waals surface area contributed by atoms with Crippen LogP contribution in [-0.2, 0) is 9.59 Å². The van der Waals surface area contributed by atoms with Crippen molar-refractivity contribution in [1.29, 1.82) is 0 Å². The lowest BCUT2D eigenvalue weighted by Crippen LogP contribution is -2.49. The van der Waals surface area contributed by atoms with Crippen LogP contribution in [0.3, 0.4) is 0 Å². The molecule has 1 aliphatic heterocycles. The Labute approximate surface area is 76.5 Å². The number of likely N-dealkylation sites (tertiary alicyclic amines) is 1. The van der Waals surface area contributed by atoms with Crippen LogP contribution in [0.1, 0.15) is 20.3 Å². The van der Waals surface area contributed by atoms with Crippen LogP contribution in [0.4, 0.5) is 0 Å². The highest BCUT2D eigenvalue weighted by Crippen LogP contribution is 2.21. The van der Waals surface area contributed by atoms with Gasteiger partial charge < -0.3 is 15.7 Å². The Morgan fingerprint density at radius 2 is 2.31 bits per heavy atom. The molecule has 0 saturated carbocycles. The van der Waals surface area contributed by atoms with Gasteiger partial charge in [-0.25, -0.2) is 4.79 Å². The molecule has 0 unspecified atom stereocenters. The lowest BCUT2D eigenvalue weighted by Gasteiger charge is -2.22. The molecule has 0 aromatic rings. The minimum absolute atomic E-state index is 0.276. The minimum atomic E-state index is -0.994. The van der Waals surface area contributed by atoms with Gasteiger partial charge in [0.15, 0.2) is 0 Å². The lowest BCUT2D eigenvalue weighted by molar-refractivity contribution is -0.148. The van der Waals surface area contributed by atoms with Gasteiger partial charge in [-0.1, -0.05) is 0 Å². The molecule has 3 N–H and O–H groups in total. The molecule has 0 bridgehead atoms. The van der Waals surface area contributed by atoms with Crippen molar-refractivity contribution in [2.45, 2.75) is 31.8 Å². The molecule has 1 heterocycles. The third-order valence-corrected chi connectivity index (χ3v) is 2.45. The third kappa shape index (κ3) is 1.65. The van der Waals surface area contributed by atoms with Gasteiger partial charge in [0.25, 0.3) is 0 Å². The van der Waals surface area contributed by atoms with E-state index in [1.807, 2.05) is 0 Å². The summed E-state index contributed by atoms with van der Waals surface area (Å²) >= 11 is 0. The number of carboxylic acid groups (broad SMARTS) is 1. The van der Waals surface area contributed by atoms with Gasteiger partial charge in [0.2, 0.25) is 5.91 Å². The topological polar surface area (TPSA) is 83.6 Å². The van der Waals surface area contributed by atoms with E-state index in [1.165, 1.54) is 11.8 Å². The van der Waals surface area contributed by atoms with Crippen LogP contribution in [0.15, 0.2) is 0 Å². The Kier molecular flexibility index (Phi) is 2.30. The number of hydrogen-bond donors (Lipinski definition) is 2. The van der Waals surface area contributed by atoms with E-state index in [0.717, 1.165) is 0 Å². The molecule has 0 aliphatic carbocycles. The fraction of sp³-hybridized carbons (Fsp3) is 0.750. The zero-order valence-electron chi connectivity index (χ0n) is 7.78. The van der Waals surface area contributed by atoms with Crippen molar-refractivity contribution < 1.29 is 14.7 Å². The second-order valence-electron chi connectivity index (χ2n) is 3.68. The Bertz CT molecular complexity index is 250. The maximum absolute atomic E-state index is 11.5.